The van der Waals surface area contributed by atoms with Crippen LogP contribution in [-0.2, 0) is 7.05 Å². The number of carbonyl (C=O) groups excluding carboxylic acids is 1. The summed E-state index contributed by atoms with van der Waals surface area (Å²) in [4.78, 5) is 12.2. The maximum Gasteiger partial charge on any atom is 0.271 e. The van der Waals surface area contributed by atoms with Gasteiger partial charge in [-0.15, -0.1) is 0 Å². The van der Waals surface area contributed by atoms with Crippen LogP contribution in [0.4, 0.5) is 5.69 Å². The molecule has 0 aromatic carbocycles. The third-order valence-corrected chi connectivity index (χ3v) is 4.42. The fourth-order valence-corrected chi connectivity index (χ4v) is 2.87. The molecule has 1 aromatic heterocycles. The first-order chi connectivity index (χ1) is 8.53. The Morgan fingerprint density at radius 2 is 2.22 bits per heavy atom. The van der Waals surface area contributed by atoms with Crippen molar-refractivity contribution in [3.8, 4) is 0 Å². The average Bonchev–Trinajstić information content (AvgIpc) is 3.18. The van der Waals surface area contributed by atoms with Crippen LogP contribution in [0.15, 0.2) is 0 Å². The number of hydrogen-bond donors (Lipinski definition) is 2. The third kappa shape index (κ3) is 1.78. The first-order valence-corrected chi connectivity index (χ1v) is 6.61. The highest BCUT2D eigenvalue weighted by Gasteiger charge is 2.53. The second-order valence-corrected chi connectivity index (χ2v) is 5.79. The van der Waals surface area contributed by atoms with Crippen molar-refractivity contribution >= 4 is 11.6 Å². The number of hydrogen-bond acceptors (Lipinski definition) is 3. The fraction of sp³-hybridized carbons (Fsp3) is 0.692. The monoisotopic (exact) mass is 248 g/mol. The molecule has 0 unspecified atom stereocenters. The van der Waals surface area contributed by atoms with Gasteiger partial charge in [0.15, 0.2) is 0 Å². The molecule has 2 fully saturated rings. The Kier molecular flexibility index (Phi) is 2.40. The molecule has 98 valence electrons. The number of anilines is 1. The van der Waals surface area contributed by atoms with Crippen LogP contribution in [0.25, 0.3) is 0 Å². The zero-order chi connectivity index (χ0) is 12.9. The van der Waals surface area contributed by atoms with Crippen molar-refractivity contribution in [3.05, 3.63) is 11.4 Å². The Balaban J connectivity index is 1.68. The number of nitrogen functional groups attached to an aromatic ring is 1. The maximum absolute atomic E-state index is 12.2. The maximum atomic E-state index is 12.2. The lowest BCUT2D eigenvalue weighted by Crippen LogP contribution is -2.32. The van der Waals surface area contributed by atoms with Crippen LogP contribution < -0.4 is 11.1 Å². The first kappa shape index (κ1) is 11.6. The lowest BCUT2D eigenvalue weighted by atomic mass is 10.0. The summed E-state index contributed by atoms with van der Waals surface area (Å²) in [5, 5.41) is 7.21. The van der Waals surface area contributed by atoms with Crippen molar-refractivity contribution in [2.75, 3.05) is 12.3 Å². The van der Waals surface area contributed by atoms with Crippen LogP contribution in [-0.4, -0.2) is 22.2 Å². The van der Waals surface area contributed by atoms with Gasteiger partial charge in [0.25, 0.3) is 5.91 Å². The highest BCUT2D eigenvalue weighted by Crippen LogP contribution is 2.60. The molecule has 5 nitrogen and oxygen atoms in total. The fourth-order valence-electron chi connectivity index (χ4n) is 2.87. The number of aromatic nitrogens is 2. The van der Waals surface area contributed by atoms with E-state index in [0.29, 0.717) is 22.5 Å². The number of aryl methyl sites for hydroxylation is 2. The molecule has 2 aliphatic rings. The van der Waals surface area contributed by atoms with Crippen molar-refractivity contribution in [1.82, 2.24) is 15.1 Å². The summed E-state index contributed by atoms with van der Waals surface area (Å²) in [7, 11) is 1.76. The quantitative estimate of drug-likeness (QED) is 0.841. The highest BCUT2D eigenvalue weighted by molar-refractivity contribution is 5.97. The molecule has 1 amide bonds. The molecule has 5 heteroatoms. The van der Waals surface area contributed by atoms with E-state index in [1.165, 1.54) is 25.7 Å². The van der Waals surface area contributed by atoms with E-state index in [1.807, 2.05) is 6.92 Å². The van der Waals surface area contributed by atoms with Crippen LogP contribution in [0.5, 0.6) is 0 Å². The second-order valence-electron chi connectivity index (χ2n) is 5.79. The zero-order valence-corrected chi connectivity index (χ0v) is 11.0. The van der Waals surface area contributed by atoms with Gasteiger partial charge in [-0.05, 0) is 43.9 Å². The van der Waals surface area contributed by atoms with Gasteiger partial charge in [0.2, 0.25) is 0 Å². The van der Waals surface area contributed by atoms with Gasteiger partial charge >= 0.3 is 0 Å². The minimum absolute atomic E-state index is 0.0949. The van der Waals surface area contributed by atoms with Gasteiger partial charge in [-0.1, -0.05) is 0 Å². The molecule has 1 aromatic rings. The average molecular weight is 248 g/mol. The Morgan fingerprint density at radius 3 is 2.67 bits per heavy atom. The van der Waals surface area contributed by atoms with Gasteiger partial charge in [-0.2, -0.15) is 5.10 Å². The molecular formula is C13H20N4O. The molecule has 18 heavy (non-hydrogen) atoms. The van der Waals surface area contributed by atoms with E-state index in [4.69, 9.17) is 5.73 Å². The normalized spacial score (nSPS) is 20.8. The van der Waals surface area contributed by atoms with E-state index in [9.17, 15) is 4.79 Å². The second kappa shape index (κ2) is 3.73. The molecule has 2 saturated carbocycles. The van der Waals surface area contributed by atoms with E-state index >= 15 is 0 Å². The van der Waals surface area contributed by atoms with Crippen LogP contribution in [0.2, 0.25) is 0 Å². The molecule has 1 heterocycles. The van der Waals surface area contributed by atoms with E-state index in [1.54, 1.807) is 11.7 Å². The molecule has 2 aliphatic carbocycles. The van der Waals surface area contributed by atoms with E-state index < -0.39 is 0 Å². The van der Waals surface area contributed by atoms with Gasteiger partial charge in [0.05, 0.1) is 11.4 Å². The summed E-state index contributed by atoms with van der Waals surface area (Å²) >= 11 is 0. The number of nitrogens with one attached hydrogen (secondary N) is 1. The SMILES string of the molecule is Cc1nn(C)c(C(=O)NCC2(C3CC3)CC2)c1N. The van der Waals surface area contributed by atoms with E-state index in [2.05, 4.69) is 10.4 Å². The van der Waals surface area contributed by atoms with Crippen LogP contribution in [0.3, 0.4) is 0 Å². The molecule has 0 bridgehead atoms. The first-order valence-electron chi connectivity index (χ1n) is 6.61. The summed E-state index contributed by atoms with van der Waals surface area (Å²) in [6.45, 7) is 2.61. The van der Waals surface area contributed by atoms with Gasteiger partial charge in [-0.25, -0.2) is 0 Å². The minimum atomic E-state index is -0.0949. The van der Waals surface area contributed by atoms with E-state index in [-0.39, 0.29) is 5.91 Å². The lowest BCUT2D eigenvalue weighted by molar-refractivity contribution is 0.0934. The van der Waals surface area contributed by atoms with Crippen LogP contribution in [0, 0.1) is 18.3 Å². The molecule has 0 aliphatic heterocycles. The topological polar surface area (TPSA) is 72.9 Å². The lowest BCUT2D eigenvalue weighted by Gasteiger charge is -2.15. The summed E-state index contributed by atoms with van der Waals surface area (Å²) in [5.41, 5.74) is 7.99. The molecule has 0 saturated heterocycles. The highest BCUT2D eigenvalue weighted by atomic mass is 16.2. The summed E-state index contributed by atoms with van der Waals surface area (Å²) in [5.74, 6) is 0.756. The van der Waals surface area contributed by atoms with Gasteiger partial charge in [0.1, 0.15) is 5.69 Å². The van der Waals surface area contributed by atoms with E-state index in [0.717, 1.165) is 12.5 Å². The van der Waals surface area contributed by atoms with Gasteiger partial charge in [-0.3, -0.25) is 9.48 Å². The summed E-state index contributed by atoms with van der Waals surface area (Å²) in [6, 6.07) is 0. The molecule has 3 N–H and O–H groups in total. The van der Waals surface area contributed by atoms with Crippen LogP contribution >= 0.6 is 0 Å². The van der Waals surface area contributed by atoms with Crippen molar-refractivity contribution < 1.29 is 4.79 Å². The third-order valence-electron chi connectivity index (χ3n) is 4.42. The number of rotatable bonds is 4. The van der Waals surface area contributed by atoms with Crippen molar-refractivity contribution in [2.45, 2.75) is 32.6 Å². The molecule has 0 atom stereocenters. The van der Waals surface area contributed by atoms with Crippen molar-refractivity contribution in [3.63, 3.8) is 0 Å². The summed E-state index contributed by atoms with van der Waals surface area (Å²) in [6.07, 6.45) is 5.20. The smallest absolute Gasteiger partial charge is 0.271 e. The molecule has 0 radical (unpaired) electrons. The Labute approximate surface area is 107 Å². The van der Waals surface area contributed by atoms with Crippen molar-refractivity contribution in [1.29, 1.82) is 0 Å². The zero-order valence-electron chi connectivity index (χ0n) is 11.0. The Hall–Kier alpha value is -1.52. The summed E-state index contributed by atoms with van der Waals surface area (Å²) < 4.78 is 1.57. The predicted octanol–water partition coefficient (Wildman–Crippen LogP) is 1.23. The largest absolute Gasteiger partial charge is 0.395 e. The Morgan fingerprint density at radius 1 is 1.56 bits per heavy atom. The molecule has 3 rings (SSSR count). The van der Waals surface area contributed by atoms with Gasteiger partial charge < -0.3 is 11.1 Å². The predicted molar refractivity (Wildman–Crippen MR) is 69.1 cm³/mol. The van der Waals surface area contributed by atoms with Crippen molar-refractivity contribution in [2.24, 2.45) is 18.4 Å². The van der Waals surface area contributed by atoms with Gasteiger partial charge in [0, 0.05) is 13.6 Å². The van der Waals surface area contributed by atoms with Crippen LogP contribution in [0.1, 0.15) is 41.9 Å². The standard InChI is InChI=1S/C13H20N4O/c1-8-10(14)11(17(2)16-8)12(18)15-7-13(5-6-13)9-3-4-9/h9H,3-7,14H2,1-2H3,(H,15,18). The Bertz CT molecular complexity index is 497. The number of nitrogens with zero attached hydrogens (tertiary/aromatic N) is 2. The number of nitrogens with two attached hydrogens (primary N) is 1. The number of carbonyl (C=O) groups is 1. The minimum Gasteiger partial charge on any atom is -0.395 e. The number of amides is 1. The molecule has 0 spiro atoms. The molecular weight excluding hydrogens is 228 g/mol.